The molecule has 1 aromatic carbocycles. The number of amides is 1. The van der Waals surface area contributed by atoms with Gasteiger partial charge in [-0.15, -0.1) is 0 Å². The fourth-order valence-corrected chi connectivity index (χ4v) is 2.70. The van der Waals surface area contributed by atoms with E-state index in [1.807, 2.05) is 0 Å². The van der Waals surface area contributed by atoms with E-state index in [4.69, 9.17) is 4.74 Å². The van der Waals surface area contributed by atoms with E-state index in [-0.39, 0.29) is 24.4 Å². The zero-order chi connectivity index (χ0) is 16.7. The largest absolute Gasteiger partial charge is 0.452 e. The Labute approximate surface area is 135 Å². The smallest absolute Gasteiger partial charge is 0.331 e. The van der Waals surface area contributed by atoms with E-state index in [1.54, 1.807) is 12.1 Å². The molecule has 0 heterocycles. The molecule has 1 aliphatic carbocycles. The molecule has 0 radical (unpaired) electrons. The van der Waals surface area contributed by atoms with Crippen molar-refractivity contribution >= 4 is 18.0 Å². The molecule has 0 bridgehead atoms. The van der Waals surface area contributed by atoms with Crippen LogP contribution in [-0.2, 0) is 14.3 Å². The van der Waals surface area contributed by atoms with Gasteiger partial charge in [0.15, 0.2) is 6.61 Å². The molecule has 0 spiro atoms. The summed E-state index contributed by atoms with van der Waals surface area (Å²) < 4.78 is 17.7. The summed E-state index contributed by atoms with van der Waals surface area (Å²) in [6.07, 6.45) is 7.16. The maximum atomic E-state index is 12.8. The number of nitrogens with one attached hydrogen (secondary N) is 1. The zero-order valence-corrected chi connectivity index (χ0v) is 13.3. The maximum absolute atomic E-state index is 12.8. The monoisotopic (exact) mass is 319 g/mol. The van der Waals surface area contributed by atoms with Crippen LogP contribution in [0.15, 0.2) is 30.3 Å². The van der Waals surface area contributed by atoms with Crippen LogP contribution >= 0.6 is 0 Å². The topological polar surface area (TPSA) is 55.4 Å². The Morgan fingerprint density at radius 1 is 1.26 bits per heavy atom. The minimum Gasteiger partial charge on any atom is -0.452 e. The van der Waals surface area contributed by atoms with Crippen LogP contribution in [0.4, 0.5) is 4.39 Å². The first-order valence-corrected chi connectivity index (χ1v) is 7.94. The summed E-state index contributed by atoms with van der Waals surface area (Å²) in [6.45, 7) is 1.84. The Hall–Kier alpha value is -2.17. The molecule has 0 aromatic heterocycles. The molecule has 1 aliphatic rings. The van der Waals surface area contributed by atoms with E-state index in [0.717, 1.165) is 19.3 Å². The molecular weight excluding hydrogens is 297 g/mol. The summed E-state index contributed by atoms with van der Waals surface area (Å²) >= 11 is 0. The number of benzene rings is 1. The van der Waals surface area contributed by atoms with Crippen LogP contribution in [0.3, 0.4) is 0 Å². The Morgan fingerprint density at radius 2 is 1.96 bits per heavy atom. The highest BCUT2D eigenvalue weighted by Gasteiger charge is 2.22. The fraction of sp³-hybridized carbons (Fsp3) is 0.444. The van der Waals surface area contributed by atoms with Crippen LogP contribution < -0.4 is 5.32 Å². The van der Waals surface area contributed by atoms with Gasteiger partial charge < -0.3 is 10.1 Å². The third-order valence-corrected chi connectivity index (χ3v) is 4.09. The lowest BCUT2D eigenvalue weighted by molar-refractivity contribution is -0.144. The molecule has 2 unspecified atom stereocenters. The van der Waals surface area contributed by atoms with Crippen molar-refractivity contribution in [1.82, 2.24) is 5.32 Å². The average molecular weight is 319 g/mol. The van der Waals surface area contributed by atoms with Crippen molar-refractivity contribution in [3.05, 3.63) is 41.7 Å². The number of carbonyl (C=O) groups excluding carboxylic acids is 2. The minimum absolute atomic E-state index is 0.171. The van der Waals surface area contributed by atoms with E-state index in [9.17, 15) is 14.0 Å². The molecule has 4 nitrogen and oxygen atoms in total. The van der Waals surface area contributed by atoms with Crippen molar-refractivity contribution in [1.29, 1.82) is 0 Å². The molecule has 1 saturated carbocycles. The summed E-state index contributed by atoms with van der Waals surface area (Å²) in [7, 11) is 0. The highest BCUT2D eigenvalue weighted by molar-refractivity contribution is 5.89. The van der Waals surface area contributed by atoms with E-state index < -0.39 is 5.97 Å². The Kier molecular flexibility index (Phi) is 6.32. The van der Waals surface area contributed by atoms with Gasteiger partial charge in [0.05, 0.1) is 0 Å². The normalized spacial score (nSPS) is 21.1. The van der Waals surface area contributed by atoms with Gasteiger partial charge in [-0.1, -0.05) is 31.9 Å². The molecule has 2 rings (SSSR count). The predicted molar refractivity (Wildman–Crippen MR) is 86.0 cm³/mol. The second-order valence-electron chi connectivity index (χ2n) is 5.93. The highest BCUT2D eigenvalue weighted by Crippen LogP contribution is 2.23. The van der Waals surface area contributed by atoms with Gasteiger partial charge in [0, 0.05) is 12.1 Å². The summed E-state index contributed by atoms with van der Waals surface area (Å²) in [5.74, 6) is -0.742. The van der Waals surface area contributed by atoms with Gasteiger partial charge in [-0.25, -0.2) is 9.18 Å². The molecule has 0 saturated heterocycles. The SMILES string of the molecule is CC1CCCCC1NC(=O)COC(=O)/C=C/c1ccc(F)cc1. The molecule has 23 heavy (non-hydrogen) atoms. The van der Waals surface area contributed by atoms with Crippen LogP contribution in [0.2, 0.25) is 0 Å². The van der Waals surface area contributed by atoms with Crippen LogP contribution in [-0.4, -0.2) is 24.5 Å². The van der Waals surface area contributed by atoms with Gasteiger partial charge in [-0.3, -0.25) is 4.79 Å². The lowest BCUT2D eigenvalue weighted by Crippen LogP contribution is -2.42. The first kappa shape index (κ1) is 17.2. The third-order valence-electron chi connectivity index (χ3n) is 4.09. The van der Waals surface area contributed by atoms with Crippen molar-refractivity contribution in [2.45, 2.75) is 38.6 Å². The molecule has 1 fully saturated rings. The number of hydrogen-bond donors (Lipinski definition) is 1. The second kappa shape index (κ2) is 8.46. The molecule has 1 N–H and O–H groups in total. The predicted octanol–water partition coefficient (Wildman–Crippen LogP) is 3.08. The number of hydrogen-bond acceptors (Lipinski definition) is 3. The average Bonchev–Trinajstić information content (AvgIpc) is 2.54. The van der Waals surface area contributed by atoms with Crippen LogP contribution in [0.25, 0.3) is 6.08 Å². The van der Waals surface area contributed by atoms with Gasteiger partial charge in [0.2, 0.25) is 0 Å². The fourth-order valence-electron chi connectivity index (χ4n) is 2.70. The van der Waals surface area contributed by atoms with Crippen LogP contribution in [0.1, 0.15) is 38.2 Å². The maximum Gasteiger partial charge on any atom is 0.331 e. The van der Waals surface area contributed by atoms with Crippen molar-refractivity contribution in [3.63, 3.8) is 0 Å². The van der Waals surface area contributed by atoms with Gasteiger partial charge in [-0.05, 0) is 42.5 Å². The van der Waals surface area contributed by atoms with E-state index >= 15 is 0 Å². The number of ether oxygens (including phenoxy) is 1. The summed E-state index contributed by atoms with van der Waals surface area (Å²) in [5.41, 5.74) is 0.684. The van der Waals surface area contributed by atoms with Crippen molar-refractivity contribution in [2.75, 3.05) is 6.61 Å². The Balaban J connectivity index is 1.73. The van der Waals surface area contributed by atoms with Crippen molar-refractivity contribution in [3.8, 4) is 0 Å². The van der Waals surface area contributed by atoms with E-state index in [0.29, 0.717) is 11.5 Å². The molecule has 124 valence electrons. The number of rotatable bonds is 5. The third kappa shape index (κ3) is 5.85. The first-order valence-electron chi connectivity index (χ1n) is 7.94. The van der Waals surface area contributed by atoms with Gasteiger partial charge >= 0.3 is 5.97 Å². The van der Waals surface area contributed by atoms with Crippen molar-refractivity contribution in [2.24, 2.45) is 5.92 Å². The Bertz CT molecular complexity index is 568. The highest BCUT2D eigenvalue weighted by atomic mass is 19.1. The molecular formula is C18H22FNO3. The minimum atomic E-state index is -0.596. The van der Waals surface area contributed by atoms with Gasteiger partial charge in [0.1, 0.15) is 5.82 Å². The summed E-state index contributed by atoms with van der Waals surface area (Å²) in [6, 6.07) is 5.89. The first-order chi connectivity index (χ1) is 11.0. The van der Waals surface area contributed by atoms with Gasteiger partial charge in [-0.2, -0.15) is 0 Å². The number of carbonyl (C=O) groups is 2. The van der Waals surface area contributed by atoms with Gasteiger partial charge in [0.25, 0.3) is 5.91 Å². The molecule has 0 aliphatic heterocycles. The molecule has 1 amide bonds. The van der Waals surface area contributed by atoms with E-state index in [2.05, 4.69) is 12.2 Å². The molecule has 1 aromatic rings. The standard InChI is InChI=1S/C18H22FNO3/c1-13-4-2-3-5-16(13)20-17(21)12-23-18(22)11-8-14-6-9-15(19)10-7-14/h6-11,13,16H,2-5,12H2,1H3,(H,20,21)/b11-8+. The zero-order valence-electron chi connectivity index (χ0n) is 13.3. The Morgan fingerprint density at radius 3 is 2.65 bits per heavy atom. The lowest BCUT2D eigenvalue weighted by atomic mass is 9.86. The number of esters is 1. The quantitative estimate of drug-likeness (QED) is 0.670. The van der Waals surface area contributed by atoms with Crippen LogP contribution in [0, 0.1) is 11.7 Å². The van der Waals surface area contributed by atoms with E-state index in [1.165, 1.54) is 30.7 Å². The molecule has 5 heteroatoms. The van der Waals surface area contributed by atoms with Crippen LogP contribution in [0.5, 0.6) is 0 Å². The number of halogens is 1. The summed E-state index contributed by atoms with van der Waals surface area (Å²) in [5, 5.41) is 2.92. The second-order valence-corrected chi connectivity index (χ2v) is 5.93. The summed E-state index contributed by atoms with van der Waals surface area (Å²) in [4.78, 5) is 23.4. The molecule has 2 atom stereocenters. The lowest BCUT2D eigenvalue weighted by Gasteiger charge is -2.29. The van der Waals surface area contributed by atoms with Crippen molar-refractivity contribution < 1.29 is 18.7 Å².